The first kappa shape index (κ1) is 27.9. The molecule has 0 amide bonds. The van der Waals surface area contributed by atoms with E-state index < -0.39 is 26.4 Å². The average Bonchev–Trinajstić information content (AvgIpc) is 2.73. The molecule has 0 bridgehead atoms. The predicted molar refractivity (Wildman–Crippen MR) is 137 cm³/mol. The summed E-state index contributed by atoms with van der Waals surface area (Å²) in [6.45, 7) is 13.2. The third-order valence-corrected chi connectivity index (χ3v) is 11.4. The number of methoxy groups -OCH3 is 1. The molecule has 0 fully saturated rings. The van der Waals surface area contributed by atoms with Gasteiger partial charge in [-0.1, -0.05) is 58.1 Å². The molecule has 1 aromatic rings. The Kier molecular flexibility index (Phi) is 9.70. The summed E-state index contributed by atoms with van der Waals surface area (Å²) in [6, 6.07) is 5.52. The van der Waals surface area contributed by atoms with E-state index in [1.54, 1.807) is 12.1 Å². The first-order valence-electron chi connectivity index (χ1n) is 11.9. The number of ether oxygens (including phenoxy) is 2. The number of esters is 1. The zero-order valence-electron chi connectivity index (χ0n) is 21.6. The van der Waals surface area contributed by atoms with Crippen LogP contribution in [0.4, 0.5) is 0 Å². The number of carboxylic acid groups (broad SMARTS) is 1. The second-order valence-electron chi connectivity index (χ2n) is 10.5. The Bertz CT molecular complexity index is 912. The van der Waals surface area contributed by atoms with Crippen molar-refractivity contribution >= 4 is 20.3 Å². The minimum Gasteiger partial charge on any atom is -0.496 e. The molecule has 0 aromatic heterocycles. The third kappa shape index (κ3) is 7.57. The fourth-order valence-corrected chi connectivity index (χ4v) is 5.19. The van der Waals surface area contributed by atoms with Gasteiger partial charge in [-0.2, -0.15) is 0 Å². The van der Waals surface area contributed by atoms with Crippen LogP contribution in [-0.2, 0) is 20.4 Å². The molecule has 34 heavy (non-hydrogen) atoms. The second-order valence-corrected chi connectivity index (χ2v) is 15.3. The number of rotatable bonds is 6. The maximum Gasteiger partial charge on any atom is 0.342 e. The van der Waals surface area contributed by atoms with Crippen molar-refractivity contribution in [2.24, 2.45) is 5.92 Å². The maximum atomic E-state index is 13.3. The lowest BCUT2D eigenvalue weighted by molar-refractivity contribution is -0.131. The number of benzene rings is 1. The first-order chi connectivity index (χ1) is 15.9. The van der Waals surface area contributed by atoms with Crippen molar-refractivity contribution < 1.29 is 28.6 Å². The molecule has 0 saturated carbocycles. The lowest BCUT2D eigenvalue weighted by Crippen LogP contribution is -2.46. The SMILES string of the molecule is COc1cccc2c1C(=O)O[C@@H](C/C=C/C(=O)O)CC(O[Si](C)(C)C(C)(C)C)[C@@H](C)C/C=C/C2. The number of carbonyl (C=O) groups excluding carboxylic acids is 1. The zero-order valence-corrected chi connectivity index (χ0v) is 22.6. The van der Waals surface area contributed by atoms with Crippen LogP contribution in [0.1, 0.15) is 62.9 Å². The van der Waals surface area contributed by atoms with Crippen LogP contribution in [0.2, 0.25) is 18.1 Å². The highest BCUT2D eigenvalue weighted by atomic mass is 28.4. The Labute approximate surface area is 205 Å². The van der Waals surface area contributed by atoms with Crippen molar-refractivity contribution in [2.45, 2.75) is 83.7 Å². The molecule has 7 heteroatoms. The smallest absolute Gasteiger partial charge is 0.342 e. The van der Waals surface area contributed by atoms with Gasteiger partial charge in [-0.05, 0) is 48.5 Å². The lowest BCUT2D eigenvalue weighted by atomic mass is 9.93. The number of aliphatic carboxylic acids is 1. The van der Waals surface area contributed by atoms with E-state index in [0.717, 1.165) is 18.1 Å². The highest BCUT2D eigenvalue weighted by molar-refractivity contribution is 6.74. The number of hydrogen-bond donors (Lipinski definition) is 1. The van der Waals surface area contributed by atoms with E-state index in [9.17, 15) is 9.59 Å². The van der Waals surface area contributed by atoms with Gasteiger partial charge in [0, 0.05) is 18.9 Å². The van der Waals surface area contributed by atoms with Crippen LogP contribution in [0.15, 0.2) is 42.5 Å². The molecule has 1 N–H and O–H groups in total. The van der Waals surface area contributed by atoms with E-state index in [1.807, 2.05) is 12.1 Å². The number of carboxylic acids is 1. The number of fused-ring (bicyclic) bond motifs is 1. The van der Waals surface area contributed by atoms with Gasteiger partial charge in [-0.3, -0.25) is 0 Å². The van der Waals surface area contributed by atoms with Crippen molar-refractivity contribution in [3.8, 4) is 5.75 Å². The Morgan fingerprint density at radius 2 is 1.97 bits per heavy atom. The minimum absolute atomic E-state index is 0.0357. The van der Waals surface area contributed by atoms with Gasteiger partial charge in [0.15, 0.2) is 8.32 Å². The summed E-state index contributed by atoms with van der Waals surface area (Å²) >= 11 is 0. The molecule has 2 rings (SSSR count). The van der Waals surface area contributed by atoms with Crippen LogP contribution in [0.25, 0.3) is 0 Å². The van der Waals surface area contributed by atoms with Crippen molar-refractivity contribution in [1.29, 1.82) is 0 Å². The maximum absolute atomic E-state index is 13.3. The molecule has 0 aliphatic carbocycles. The molecule has 0 saturated heterocycles. The second kappa shape index (κ2) is 11.8. The molecule has 0 radical (unpaired) electrons. The third-order valence-electron chi connectivity index (χ3n) is 6.86. The van der Waals surface area contributed by atoms with Gasteiger partial charge >= 0.3 is 11.9 Å². The highest BCUT2D eigenvalue weighted by Gasteiger charge is 2.41. The Balaban J connectivity index is 2.46. The van der Waals surface area contributed by atoms with Gasteiger partial charge in [0.1, 0.15) is 17.4 Å². The van der Waals surface area contributed by atoms with Gasteiger partial charge in [-0.15, -0.1) is 0 Å². The number of hydrogen-bond acceptors (Lipinski definition) is 5. The summed E-state index contributed by atoms with van der Waals surface area (Å²) < 4.78 is 18.3. The molecule has 3 atom stereocenters. The monoisotopic (exact) mass is 488 g/mol. The van der Waals surface area contributed by atoms with Crippen molar-refractivity contribution in [1.82, 2.24) is 0 Å². The molecular weight excluding hydrogens is 448 g/mol. The van der Waals surface area contributed by atoms with Crippen LogP contribution in [-0.4, -0.2) is 44.7 Å². The molecule has 6 nitrogen and oxygen atoms in total. The molecule has 1 aliphatic rings. The quantitative estimate of drug-likeness (QED) is 0.223. The van der Waals surface area contributed by atoms with E-state index in [2.05, 4.69) is 52.9 Å². The summed E-state index contributed by atoms with van der Waals surface area (Å²) in [6.07, 6.45) is 8.43. The molecule has 1 aliphatic heterocycles. The van der Waals surface area contributed by atoms with E-state index in [4.69, 9.17) is 19.0 Å². The molecule has 1 heterocycles. The largest absolute Gasteiger partial charge is 0.496 e. The normalized spacial score (nSPS) is 23.4. The molecular formula is C27H40O6Si. The number of carbonyl (C=O) groups is 2. The molecule has 1 aromatic carbocycles. The Morgan fingerprint density at radius 1 is 1.26 bits per heavy atom. The summed E-state index contributed by atoms with van der Waals surface area (Å²) in [4.78, 5) is 24.4. The first-order valence-corrected chi connectivity index (χ1v) is 14.9. The summed E-state index contributed by atoms with van der Waals surface area (Å²) in [7, 11) is -0.555. The van der Waals surface area contributed by atoms with Gasteiger partial charge in [0.2, 0.25) is 0 Å². The fraction of sp³-hybridized carbons (Fsp3) is 0.556. The predicted octanol–water partition coefficient (Wildman–Crippen LogP) is 6.17. The van der Waals surface area contributed by atoms with Crippen LogP contribution in [0.5, 0.6) is 5.75 Å². The van der Waals surface area contributed by atoms with Crippen molar-refractivity contribution in [2.75, 3.05) is 7.11 Å². The van der Waals surface area contributed by atoms with Crippen LogP contribution in [0, 0.1) is 5.92 Å². The van der Waals surface area contributed by atoms with E-state index in [0.29, 0.717) is 30.6 Å². The Morgan fingerprint density at radius 3 is 2.59 bits per heavy atom. The van der Waals surface area contributed by atoms with E-state index in [1.165, 1.54) is 7.11 Å². The topological polar surface area (TPSA) is 82.1 Å². The summed E-state index contributed by atoms with van der Waals surface area (Å²) in [5.74, 6) is -0.817. The molecule has 1 unspecified atom stereocenters. The fourth-order valence-electron chi connectivity index (χ4n) is 3.76. The summed E-state index contributed by atoms with van der Waals surface area (Å²) in [5, 5.41) is 9.08. The van der Waals surface area contributed by atoms with Gasteiger partial charge in [-0.25, -0.2) is 9.59 Å². The van der Waals surface area contributed by atoms with Crippen LogP contribution < -0.4 is 4.74 Å². The lowest BCUT2D eigenvalue weighted by Gasteiger charge is -2.41. The van der Waals surface area contributed by atoms with Gasteiger partial charge < -0.3 is 19.0 Å². The highest BCUT2D eigenvalue weighted by Crippen LogP contribution is 2.39. The Hall–Kier alpha value is -2.38. The van der Waals surface area contributed by atoms with Gasteiger partial charge in [0.25, 0.3) is 0 Å². The zero-order chi connectivity index (χ0) is 25.5. The standard InChI is InChI=1S/C27H40O6Si/c1-19-12-8-9-13-20-14-10-16-22(31-5)25(20)26(30)32-21(15-11-17-24(28)29)18-23(19)33-34(6,7)27(2,3)4/h8-11,14,16-17,19,21,23H,12-13,15,18H2,1-7H3,(H,28,29)/b9-8+,17-11+/t19-,21-,23?/m0/s1. The van der Waals surface area contributed by atoms with Crippen molar-refractivity contribution in [3.63, 3.8) is 0 Å². The van der Waals surface area contributed by atoms with Crippen LogP contribution in [0.3, 0.4) is 0 Å². The average molecular weight is 489 g/mol. The van der Waals surface area contributed by atoms with E-state index >= 15 is 0 Å². The van der Waals surface area contributed by atoms with Crippen LogP contribution >= 0.6 is 0 Å². The van der Waals surface area contributed by atoms with Gasteiger partial charge in [0.05, 0.1) is 13.2 Å². The molecule has 0 spiro atoms. The number of allylic oxidation sites excluding steroid dienone is 2. The molecule has 188 valence electrons. The summed E-state index contributed by atoms with van der Waals surface area (Å²) in [5.41, 5.74) is 1.25. The minimum atomic E-state index is -2.09. The number of cyclic esters (lactones) is 1. The van der Waals surface area contributed by atoms with Crippen molar-refractivity contribution in [3.05, 3.63) is 53.6 Å². The van der Waals surface area contributed by atoms with E-state index in [-0.39, 0.29) is 17.1 Å².